The van der Waals surface area contributed by atoms with Crippen LogP contribution in [-0.2, 0) is 11.3 Å². The van der Waals surface area contributed by atoms with Gasteiger partial charge in [0.15, 0.2) is 0 Å². The largest absolute Gasteiger partial charge is 0.309 e. The van der Waals surface area contributed by atoms with Crippen molar-refractivity contribution in [3.05, 3.63) is 65.2 Å². The van der Waals surface area contributed by atoms with Crippen molar-refractivity contribution < 1.29 is 4.79 Å². The second-order valence-corrected chi connectivity index (χ2v) is 7.84. The van der Waals surface area contributed by atoms with E-state index in [2.05, 4.69) is 79.1 Å². The number of carbonyl (C=O) groups is 1. The minimum absolute atomic E-state index is 0.262. The fourth-order valence-corrected chi connectivity index (χ4v) is 3.89. The van der Waals surface area contributed by atoms with Crippen molar-refractivity contribution in [2.45, 2.75) is 59.0 Å². The minimum atomic E-state index is 0.262. The van der Waals surface area contributed by atoms with Gasteiger partial charge in [-0.05, 0) is 50.8 Å². The van der Waals surface area contributed by atoms with Gasteiger partial charge in [0.2, 0.25) is 5.91 Å². The van der Waals surface area contributed by atoms with Crippen molar-refractivity contribution in [1.82, 2.24) is 4.90 Å². The Morgan fingerprint density at radius 1 is 0.963 bits per heavy atom. The number of hydrogen-bond donors (Lipinski definition) is 0. The normalized spacial score (nSPS) is 15.7. The van der Waals surface area contributed by atoms with Crippen molar-refractivity contribution >= 4 is 11.6 Å². The number of carbonyl (C=O) groups excluding carboxylic acids is 1. The smallest absolute Gasteiger partial charge is 0.227 e. The maximum atomic E-state index is 12.8. The molecule has 1 fully saturated rings. The number of piperidine rings is 1. The van der Waals surface area contributed by atoms with Crippen LogP contribution in [0.15, 0.2) is 48.5 Å². The Morgan fingerprint density at radius 2 is 1.52 bits per heavy atom. The standard InChI is InChI=1S/C24H32N2O/c1-4-5-24(27)26(22-12-8-20(3)9-13-22)23-14-16-25(17-15-23)18-21-10-6-19(2)7-11-21/h6-13,23H,4-5,14-18H2,1-3H3. The van der Waals surface area contributed by atoms with Gasteiger partial charge in [0.05, 0.1) is 0 Å². The van der Waals surface area contributed by atoms with Crippen LogP contribution in [0.5, 0.6) is 0 Å². The van der Waals surface area contributed by atoms with Gasteiger partial charge in [0, 0.05) is 37.8 Å². The van der Waals surface area contributed by atoms with Crippen molar-refractivity contribution in [2.75, 3.05) is 18.0 Å². The Bertz CT molecular complexity index is 728. The zero-order chi connectivity index (χ0) is 19.2. The minimum Gasteiger partial charge on any atom is -0.309 e. The van der Waals surface area contributed by atoms with Crippen LogP contribution >= 0.6 is 0 Å². The fourth-order valence-electron chi connectivity index (χ4n) is 3.89. The summed E-state index contributed by atoms with van der Waals surface area (Å²) in [7, 11) is 0. The van der Waals surface area contributed by atoms with Crippen molar-refractivity contribution in [3.8, 4) is 0 Å². The van der Waals surface area contributed by atoms with E-state index in [9.17, 15) is 4.79 Å². The number of benzene rings is 2. The van der Waals surface area contributed by atoms with Gasteiger partial charge in [-0.25, -0.2) is 0 Å². The quantitative estimate of drug-likeness (QED) is 0.712. The Morgan fingerprint density at radius 3 is 2.07 bits per heavy atom. The molecule has 0 radical (unpaired) electrons. The molecule has 1 saturated heterocycles. The molecule has 3 nitrogen and oxygen atoms in total. The van der Waals surface area contributed by atoms with Gasteiger partial charge in [0.1, 0.15) is 0 Å². The molecular weight excluding hydrogens is 332 g/mol. The lowest BCUT2D eigenvalue weighted by atomic mass is 10.0. The highest BCUT2D eigenvalue weighted by molar-refractivity contribution is 5.94. The molecule has 1 aliphatic heterocycles. The second-order valence-electron chi connectivity index (χ2n) is 7.84. The third kappa shape index (κ3) is 5.20. The zero-order valence-corrected chi connectivity index (χ0v) is 16.9. The van der Waals surface area contributed by atoms with Crippen LogP contribution in [0.2, 0.25) is 0 Å². The summed E-state index contributed by atoms with van der Waals surface area (Å²) in [6.07, 6.45) is 3.59. The average molecular weight is 365 g/mol. The molecule has 2 aromatic carbocycles. The van der Waals surface area contributed by atoms with Crippen molar-refractivity contribution in [2.24, 2.45) is 0 Å². The van der Waals surface area contributed by atoms with Crippen LogP contribution < -0.4 is 4.90 Å². The Kier molecular flexibility index (Phi) is 6.68. The molecule has 0 atom stereocenters. The van der Waals surface area contributed by atoms with Gasteiger partial charge < -0.3 is 4.90 Å². The highest BCUT2D eigenvalue weighted by Gasteiger charge is 2.28. The lowest BCUT2D eigenvalue weighted by molar-refractivity contribution is -0.119. The van der Waals surface area contributed by atoms with E-state index in [0.717, 1.165) is 44.6 Å². The topological polar surface area (TPSA) is 23.6 Å². The number of anilines is 1. The summed E-state index contributed by atoms with van der Waals surface area (Å²) in [5.74, 6) is 0.262. The van der Waals surface area contributed by atoms with E-state index in [4.69, 9.17) is 0 Å². The molecule has 3 rings (SSSR count). The average Bonchev–Trinajstić information content (AvgIpc) is 2.67. The van der Waals surface area contributed by atoms with Gasteiger partial charge in [-0.15, -0.1) is 0 Å². The zero-order valence-electron chi connectivity index (χ0n) is 16.9. The Hall–Kier alpha value is -2.13. The second kappa shape index (κ2) is 9.18. The number of rotatable bonds is 6. The first-order valence-corrected chi connectivity index (χ1v) is 10.2. The molecule has 1 amide bonds. The molecule has 1 heterocycles. The van der Waals surface area contributed by atoms with Crippen LogP contribution in [0.4, 0.5) is 5.69 Å². The number of amides is 1. The lowest BCUT2D eigenvalue weighted by Crippen LogP contribution is -2.47. The van der Waals surface area contributed by atoms with E-state index in [0.29, 0.717) is 12.5 Å². The van der Waals surface area contributed by atoms with Crippen LogP contribution in [0.1, 0.15) is 49.3 Å². The monoisotopic (exact) mass is 364 g/mol. The SMILES string of the molecule is CCCC(=O)N(c1ccc(C)cc1)C1CCN(Cc2ccc(C)cc2)CC1. The number of hydrogen-bond acceptors (Lipinski definition) is 2. The summed E-state index contributed by atoms with van der Waals surface area (Å²) in [6, 6.07) is 17.5. The van der Waals surface area contributed by atoms with Gasteiger partial charge in [-0.1, -0.05) is 54.4 Å². The predicted molar refractivity (Wildman–Crippen MR) is 113 cm³/mol. The predicted octanol–water partition coefficient (Wildman–Crippen LogP) is 5.10. The number of likely N-dealkylation sites (tertiary alicyclic amines) is 1. The summed E-state index contributed by atoms with van der Waals surface area (Å²) in [5.41, 5.74) is 4.96. The molecule has 0 aromatic heterocycles. The molecule has 144 valence electrons. The first-order chi connectivity index (χ1) is 13.1. The lowest BCUT2D eigenvalue weighted by Gasteiger charge is -2.38. The van der Waals surface area contributed by atoms with Crippen LogP contribution in [-0.4, -0.2) is 29.9 Å². The summed E-state index contributed by atoms with van der Waals surface area (Å²) in [6.45, 7) is 9.38. The van der Waals surface area contributed by atoms with Gasteiger partial charge in [-0.2, -0.15) is 0 Å². The van der Waals surface area contributed by atoms with Crippen LogP contribution in [0, 0.1) is 13.8 Å². The van der Waals surface area contributed by atoms with E-state index in [1.54, 1.807) is 0 Å². The van der Waals surface area contributed by atoms with Crippen LogP contribution in [0.25, 0.3) is 0 Å². The first kappa shape index (κ1) is 19.6. The molecule has 2 aromatic rings. The third-order valence-electron chi connectivity index (χ3n) is 5.49. The molecule has 0 bridgehead atoms. The summed E-state index contributed by atoms with van der Waals surface area (Å²) >= 11 is 0. The van der Waals surface area contributed by atoms with Gasteiger partial charge in [0.25, 0.3) is 0 Å². The Balaban J connectivity index is 1.65. The fraction of sp³-hybridized carbons (Fsp3) is 0.458. The van der Waals surface area contributed by atoms with Gasteiger partial charge in [-0.3, -0.25) is 9.69 Å². The molecular formula is C24H32N2O. The summed E-state index contributed by atoms with van der Waals surface area (Å²) in [4.78, 5) is 17.4. The number of aryl methyl sites for hydroxylation is 2. The van der Waals surface area contributed by atoms with E-state index in [1.807, 2.05) is 0 Å². The maximum Gasteiger partial charge on any atom is 0.227 e. The molecule has 0 N–H and O–H groups in total. The highest BCUT2D eigenvalue weighted by atomic mass is 16.2. The molecule has 0 unspecified atom stereocenters. The molecule has 0 aliphatic carbocycles. The molecule has 0 saturated carbocycles. The van der Waals surface area contributed by atoms with Crippen molar-refractivity contribution in [3.63, 3.8) is 0 Å². The number of nitrogens with zero attached hydrogens (tertiary/aromatic N) is 2. The van der Waals surface area contributed by atoms with Crippen LogP contribution in [0.3, 0.4) is 0 Å². The Labute approximate surface area is 164 Å². The van der Waals surface area contributed by atoms with Gasteiger partial charge >= 0.3 is 0 Å². The van der Waals surface area contributed by atoms with E-state index in [-0.39, 0.29) is 5.91 Å². The maximum absolute atomic E-state index is 12.8. The molecule has 3 heteroatoms. The van der Waals surface area contributed by atoms with E-state index in [1.165, 1.54) is 16.7 Å². The van der Waals surface area contributed by atoms with E-state index < -0.39 is 0 Å². The summed E-state index contributed by atoms with van der Waals surface area (Å²) < 4.78 is 0. The third-order valence-corrected chi connectivity index (χ3v) is 5.49. The van der Waals surface area contributed by atoms with Crippen molar-refractivity contribution in [1.29, 1.82) is 0 Å². The first-order valence-electron chi connectivity index (χ1n) is 10.2. The van der Waals surface area contributed by atoms with E-state index >= 15 is 0 Å². The molecule has 1 aliphatic rings. The molecule has 27 heavy (non-hydrogen) atoms. The molecule has 0 spiro atoms. The summed E-state index contributed by atoms with van der Waals surface area (Å²) in [5, 5.41) is 0. The highest BCUT2D eigenvalue weighted by Crippen LogP contribution is 2.26.